The Hall–Kier alpha value is -3.27. The fraction of sp³-hybridized carbons (Fsp3) is 0.333. The number of hydrogen-bond donors (Lipinski definition) is 1. The maximum absolute atomic E-state index is 14.5. The van der Waals surface area contributed by atoms with Crippen LogP contribution in [0.25, 0.3) is 0 Å². The average Bonchev–Trinajstić information content (AvgIpc) is 2.82. The monoisotopic (exact) mass is 529 g/mol. The number of benzene rings is 3. The smallest absolute Gasteiger partial charge is 0.416 e. The summed E-state index contributed by atoms with van der Waals surface area (Å²) in [6.07, 6.45) is -10.0. The summed E-state index contributed by atoms with van der Waals surface area (Å²) in [6.45, 7) is 3.09. The van der Waals surface area contributed by atoms with E-state index in [1.807, 2.05) is 0 Å². The number of ether oxygens (including phenoxy) is 1. The highest BCUT2D eigenvalue weighted by atomic mass is 19.4. The van der Waals surface area contributed by atoms with E-state index in [2.05, 4.69) is 0 Å². The Morgan fingerprint density at radius 1 is 0.838 bits per heavy atom. The topological polar surface area (TPSA) is 32.7 Å². The molecule has 10 heteroatoms. The van der Waals surface area contributed by atoms with E-state index >= 15 is 0 Å². The lowest BCUT2D eigenvalue weighted by Gasteiger charge is -2.29. The Labute approximate surface area is 210 Å². The van der Waals surface area contributed by atoms with Crippen molar-refractivity contribution < 1.29 is 40.6 Å². The molecule has 0 bridgehead atoms. The van der Waals surface area contributed by atoms with Crippen molar-refractivity contribution in [2.75, 3.05) is 11.4 Å². The summed E-state index contributed by atoms with van der Waals surface area (Å²) in [5.74, 6) is -0.730. The molecule has 0 aliphatic carbocycles. The van der Waals surface area contributed by atoms with Gasteiger partial charge < -0.3 is 14.7 Å². The fourth-order valence-corrected chi connectivity index (χ4v) is 3.55. The Kier molecular flexibility index (Phi) is 8.73. The van der Waals surface area contributed by atoms with Gasteiger partial charge in [-0.25, -0.2) is 4.39 Å². The number of hydrogen-bond acceptors (Lipinski definition) is 3. The molecule has 0 heterocycles. The van der Waals surface area contributed by atoms with Crippen LogP contribution in [0.3, 0.4) is 0 Å². The van der Waals surface area contributed by atoms with Crippen LogP contribution < -0.4 is 9.64 Å². The first kappa shape index (κ1) is 28.3. The Balaban J connectivity index is 1.86. The molecule has 0 fully saturated rings. The van der Waals surface area contributed by atoms with Crippen molar-refractivity contribution in [3.8, 4) is 5.75 Å². The first-order valence-electron chi connectivity index (χ1n) is 11.4. The van der Waals surface area contributed by atoms with E-state index in [9.17, 15) is 35.8 Å². The van der Waals surface area contributed by atoms with Crippen LogP contribution in [-0.4, -0.2) is 17.8 Å². The molecule has 200 valence electrons. The van der Waals surface area contributed by atoms with Crippen LogP contribution in [0.1, 0.15) is 36.1 Å². The third-order valence-corrected chi connectivity index (χ3v) is 5.75. The summed E-state index contributed by atoms with van der Waals surface area (Å²) in [5, 5.41) is 10.5. The van der Waals surface area contributed by atoms with Crippen LogP contribution in [0.2, 0.25) is 0 Å². The van der Waals surface area contributed by atoms with Gasteiger partial charge in [-0.2, -0.15) is 26.3 Å². The normalized spacial score (nSPS) is 13.1. The molecule has 3 aromatic rings. The summed E-state index contributed by atoms with van der Waals surface area (Å²) in [4.78, 5) is 1.53. The minimum absolute atomic E-state index is 0.00949. The molecule has 0 aliphatic heterocycles. The van der Waals surface area contributed by atoms with Gasteiger partial charge in [0.05, 0.1) is 17.2 Å². The van der Waals surface area contributed by atoms with Gasteiger partial charge in [0.1, 0.15) is 18.2 Å². The minimum atomic E-state index is -4.65. The second-order valence-corrected chi connectivity index (χ2v) is 8.98. The molecule has 0 aliphatic rings. The first-order valence-corrected chi connectivity index (χ1v) is 11.4. The molecule has 1 atom stereocenters. The van der Waals surface area contributed by atoms with Crippen LogP contribution in [0.15, 0.2) is 66.7 Å². The predicted molar refractivity (Wildman–Crippen MR) is 126 cm³/mol. The Morgan fingerprint density at radius 3 is 2.14 bits per heavy atom. The Morgan fingerprint density at radius 2 is 1.49 bits per heavy atom. The molecule has 3 rings (SSSR count). The van der Waals surface area contributed by atoms with Crippen LogP contribution in [-0.2, 0) is 25.5 Å². The molecule has 3 nitrogen and oxygen atoms in total. The van der Waals surface area contributed by atoms with Crippen molar-refractivity contribution in [3.63, 3.8) is 0 Å². The molecule has 0 spiro atoms. The highest BCUT2D eigenvalue weighted by Gasteiger charge is 2.32. The van der Waals surface area contributed by atoms with Crippen LogP contribution in [0.5, 0.6) is 5.75 Å². The number of aliphatic hydroxyl groups excluding tert-OH is 1. The SMILES string of the molecule is CC(C)C(O)CN(Cc1cc(C(F)(F)F)ccc1F)c1cccc(OCc2cccc(C(F)(F)F)c2)c1. The summed E-state index contributed by atoms with van der Waals surface area (Å²) >= 11 is 0. The zero-order chi connectivity index (χ0) is 27.4. The molecule has 37 heavy (non-hydrogen) atoms. The number of aliphatic hydroxyl groups is 1. The Bertz CT molecular complexity index is 1190. The molecule has 0 radical (unpaired) electrons. The zero-order valence-electron chi connectivity index (χ0n) is 20.1. The van der Waals surface area contributed by atoms with E-state index in [1.54, 1.807) is 32.0 Å². The van der Waals surface area contributed by atoms with Crippen molar-refractivity contribution in [1.29, 1.82) is 0 Å². The van der Waals surface area contributed by atoms with Gasteiger partial charge in [-0.3, -0.25) is 0 Å². The molecular weight excluding hydrogens is 503 g/mol. The largest absolute Gasteiger partial charge is 0.489 e. The summed E-state index contributed by atoms with van der Waals surface area (Å²) in [7, 11) is 0. The standard InChI is InChI=1S/C27H26F7NO2/c1-17(2)25(36)15-35(14-19-12-21(27(32,33)34)9-10-24(19)28)22-7-4-8-23(13-22)37-16-18-5-3-6-20(11-18)26(29,30)31/h3-13,17,25,36H,14-16H2,1-2H3. The number of nitrogens with zero attached hydrogens (tertiary/aromatic N) is 1. The van der Waals surface area contributed by atoms with Gasteiger partial charge in [-0.15, -0.1) is 0 Å². The molecular formula is C27H26F7NO2. The van der Waals surface area contributed by atoms with E-state index in [0.717, 1.165) is 24.3 Å². The van der Waals surface area contributed by atoms with Crippen LogP contribution in [0.4, 0.5) is 36.4 Å². The van der Waals surface area contributed by atoms with E-state index < -0.39 is 35.4 Å². The fourth-order valence-electron chi connectivity index (χ4n) is 3.55. The van der Waals surface area contributed by atoms with Gasteiger partial charge in [0.25, 0.3) is 0 Å². The highest BCUT2D eigenvalue weighted by Crippen LogP contribution is 2.32. The molecule has 1 N–H and O–H groups in total. The number of anilines is 1. The predicted octanol–water partition coefficient (Wildman–Crippen LogP) is 7.47. The van der Waals surface area contributed by atoms with Gasteiger partial charge in [0.2, 0.25) is 0 Å². The van der Waals surface area contributed by atoms with Crippen LogP contribution >= 0.6 is 0 Å². The highest BCUT2D eigenvalue weighted by molar-refractivity contribution is 5.51. The van der Waals surface area contributed by atoms with Gasteiger partial charge in [0.15, 0.2) is 0 Å². The van der Waals surface area contributed by atoms with Crippen molar-refractivity contribution in [1.82, 2.24) is 0 Å². The third kappa shape index (κ3) is 7.85. The van der Waals surface area contributed by atoms with E-state index in [4.69, 9.17) is 4.74 Å². The maximum atomic E-state index is 14.5. The molecule has 0 amide bonds. The quantitative estimate of drug-likeness (QED) is 0.292. The number of rotatable bonds is 9. The van der Waals surface area contributed by atoms with Gasteiger partial charge in [0, 0.05) is 30.4 Å². The van der Waals surface area contributed by atoms with Gasteiger partial charge in [-0.1, -0.05) is 32.0 Å². The number of alkyl halides is 6. The average molecular weight is 529 g/mol. The van der Waals surface area contributed by atoms with Gasteiger partial charge in [-0.05, 0) is 53.9 Å². The van der Waals surface area contributed by atoms with E-state index in [-0.39, 0.29) is 36.9 Å². The van der Waals surface area contributed by atoms with Crippen LogP contribution in [0, 0.1) is 11.7 Å². The molecule has 1 unspecified atom stereocenters. The number of halogens is 7. The lowest BCUT2D eigenvalue weighted by atomic mass is 10.0. The summed E-state index contributed by atoms with van der Waals surface area (Å²) < 4.78 is 98.6. The molecule has 0 saturated carbocycles. The zero-order valence-corrected chi connectivity index (χ0v) is 20.1. The third-order valence-electron chi connectivity index (χ3n) is 5.75. The second kappa shape index (κ2) is 11.4. The lowest BCUT2D eigenvalue weighted by Crippen LogP contribution is -2.35. The van der Waals surface area contributed by atoms with Crippen molar-refractivity contribution in [2.45, 2.75) is 45.5 Å². The summed E-state index contributed by atoms with van der Waals surface area (Å²) in [6, 6.07) is 13.2. The first-order chi connectivity index (χ1) is 17.2. The summed E-state index contributed by atoms with van der Waals surface area (Å²) in [5.41, 5.74) is -1.29. The molecule has 0 aromatic heterocycles. The van der Waals surface area contributed by atoms with E-state index in [1.165, 1.54) is 23.1 Å². The lowest BCUT2D eigenvalue weighted by molar-refractivity contribution is -0.138. The van der Waals surface area contributed by atoms with Gasteiger partial charge >= 0.3 is 12.4 Å². The molecule has 0 saturated heterocycles. The maximum Gasteiger partial charge on any atom is 0.416 e. The second-order valence-electron chi connectivity index (χ2n) is 8.98. The van der Waals surface area contributed by atoms with E-state index in [0.29, 0.717) is 17.3 Å². The minimum Gasteiger partial charge on any atom is -0.489 e. The van der Waals surface area contributed by atoms with Crippen molar-refractivity contribution >= 4 is 5.69 Å². The molecule has 3 aromatic carbocycles. The van der Waals surface area contributed by atoms with Crippen molar-refractivity contribution in [2.24, 2.45) is 5.92 Å². The van der Waals surface area contributed by atoms with Crippen molar-refractivity contribution in [3.05, 3.63) is 94.8 Å².